The van der Waals surface area contributed by atoms with Gasteiger partial charge in [0.05, 0.1) is 10.0 Å². The number of benzene rings is 1. The number of nitrogens with one attached hydrogen (secondary N) is 1. The van der Waals surface area contributed by atoms with Crippen LogP contribution in [0.25, 0.3) is 0 Å². The SMILES string of the molecule is OCCCSCCNCC(O)COc1c(Cl)cccc1Cl. The van der Waals surface area contributed by atoms with Gasteiger partial charge in [0.25, 0.3) is 0 Å². The second-order valence-electron chi connectivity index (χ2n) is 4.41. The molecule has 4 nitrogen and oxygen atoms in total. The first-order valence-corrected chi connectivity index (χ1v) is 8.70. The molecule has 1 atom stereocenters. The lowest BCUT2D eigenvalue weighted by Gasteiger charge is -2.14. The average molecular weight is 354 g/mol. The molecule has 1 aromatic carbocycles. The summed E-state index contributed by atoms with van der Waals surface area (Å²) in [6.07, 6.45) is 0.194. The number of rotatable bonds is 11. The second-order valence-corrected chi connectivity index (χ2v) is 6.45. The van der Waals surface area contributed by atoms with Crippen LogP contribution >= 0.6 is 35.0 Å². The maximum Gasteiger partial charge on any atom is 0.156 e. The first kappa shape index (κ1) is 18.9. The summed E-state index contributed by atoms with van der Waals surface area (Å²) in [6.45, 7) is 1.62. The highest BCUT2D eigenvalue weighted by atomic mass is 35.5. The van der Waals surface area contributed by atoms with E-state index in [2.05, 4.69) is 5.32 Å². The summed E-state index contributed by atoms with van der Waals surface area (Å²) in [7, 11) is 0. The minimum atomic E-state index is -0.625. The van der Waals surface area contributed by atoms with Crippen LogP contribution in [0.5, 0.6) is 5.75 Å². The van der Waals surface area contributed by atoms with Crippen molar-refractivity contribution >= 4 is 35.0 Å². The summed E-state index contributed by atoms with van der Waals surface area (Å²) in [5.41, 5.74) is 0. The van der Waals surface area contributed by atoms with Gasteiger partial charge < -0.3 is 20.3 Å². The fraction of sp³-hybridized carbons (Fsp3) is 0.571. The number of thioether (sulfide) groups is 1. The molecule has 0 aliphatic carbocycles. The highest BCUT2D eigenvalue weighted by Crippen LogP contribution is 2.32. The number of hydrogen-bond acceptors (Lipinski definition) is 5. The first-order valence-electron chi connectivity index (χ1n) is 6.79. The number of aliphatic hydroxyl groups is 2. The Labute approximate surface area is 139 Å². The van der Waals surface area contributed by atoms with Crippen LogP contribution < -0.4 is 10.1 Å². The van der Waals surface area contributed by atoms with Crippen LogP contribution in [0.1, 0.15) is 6.42 Å². The fourth-order valence-electron chi connectivity index (χ4n) is 1.54. The quantitative estimate of drug-likeness (QED) is 0.533. The Morgan fingerprint density at radius 3 is 2.62 bits per heavy atom. The number of halogens is 2. The molecule has 0 aliphatic heterocycles. The molecule has 0 saturated heterocycles. The molecule has 1 rings (SSSR count). The Bertz CT molecular complexity index is 390. The van der Waals surface area contributed by atoms with E-state index in [-0.39, 0.29) is 13.2 Å². The molecule has 0 aromatic heterocycles. The minimum Gasteiger partial charge on any atom is -0.488 e. The number of hydrogen-bond donors (Lipinski definition) is 3. The van der Waals surface area contributed by atoms with Crippen LogP contribution in [-0.2, 0) is 0 Å². The van der Waals surface area contributed by atoms with Gasteiger partial charge in [-0.1, -0.05) is 29.3 Å². The van der Waals surface area contributed by atoms with Crippen molar-refractivity contribution in [3.05, 3.63) is 28.2 Å². The van der Waals surface area contributed by atoms with Gasteiger partial charge in [0.15, 0.2) is 5.75 Å². The first-order chi connectivity index (χ1) is 10.1. The Kier molecular flexibility index (Phi) is 10.3. The van der Waals surface area contributed by atoms with Crippen molar-refractivity contribution in [2.45, 2.75) is 12.5 Å². The van der Waals surface area contributed by atoms with Crippen LogP contribution in [-0.4, -0.2) is 54.1 Å². The molecule has 120 valence electrons. The molecule has 0 aliphatic rings. The van der Waals surface area contributed by atoms with Crippen molar-refractivity contribution in [3.8, 4) is 5.75 Å². The van der Waals surface area contributed by atoms with E-state index >= 15 is 0 Å². The maximum absolute atomic E-state index is 9.82. The normalized spacial score (nSPS) is 12.4. The van der Waals surface area contributed by atoms with Gasteiger partial charge in [-0.2, -0.15) is 11.8 Å². The standard InChI is InChI=1S/C14H21Cl2NO3S/c15-12-3-1-4-13(16)14(12)20-10-11(19)9-17-5-8-21-7-2-6-18/h1,3-4,11,17-19H,2,5-10H2. The van der Waals surface area contributed by atoms with E-state index in [1.165, 1.54) is 0 Å². The molecule has 0 amide bonds. The fourth-order valence-corrected chi connectivity index (χ4v) is 2.87. The zero-order valence-corrected chi connectivity index (χ0v) is 14.1. The number of aliphatic hydroxyl groups excluding tert-OH is 2. The summed E-state index contributed by atoms with van der Waals surface area (Å²) < 4.78 is 5.45. The summed E-state index contributed by atoms with van der Waals surface area (Å²) in [5.74, 6) is 2.30. The van der Waals surface area contributed by atoms with Gasteiger partial charge >= 0.3 is 0 Å². The van der Waals surface area contributed by atoms with Crippen molar-refractivity contribution in [1.29, 1.82) is 0 Å². The third-order valence-electron chi connectivity index (χ3n) is 2.59. The van der Waals surface area contributed by atoms with E-state index in [4.69, 9.17) is 33.0 Å². The van der Waals surface area contributed by atoms with Gasteiger partial charge in [-0.3, -0.25) is 0 Å². The van der Waals surface area contributed by atoms with Crippen molar-refractivity contribution in [2.75, 3.05) is 37.8 Å². The zero-order chi connectivity index (χ0) is 15.5. The number of para-hydroxylation sites is 1. The highest BCUT2D eigenvalue weighted by Gasteiger charge is 2.10. The van der Waals surface area contributed by atoms with Gasteiger partial charge in [-0.05, 0) is 24.3 Å². The molecule has 1 aromatic rings. The summed E-state index contributed by atoms with van der Waals surface area (Å²) in [4.78, 5) is 0. The van der Waals surface area contributed by atoms with Crippen LogP contribution in [0.4, 0.5) is 0 Å². The molecule has 0 heterocycles. The molecule has 0 radical (unpaired) electrons. The lowest BCUT2D eigenvalue weighted by molar-refractivity contribution is 0.107. The van der Waals surface area contributed by atoms with E-state index in [9.17, 15) is 5.11 Å². The van der Waals surface area contributed by atoms with Crippen LogP contribution in [0.3, 0.4) is 0 Å². The Balaban J connectivity index is 2.12. The van der Waals surface area contributed by atoms with E-state index in [0.29, 0.717) is 22.3 Å². The Hall–Kier alpha value is -0.170. The molecule has 0 saturated carbocycles. The van der Waals surface area contributed by atoms with Crippen LogP contribution in [0, 0.1) is 0 Å². The van der Waals surface area contributed by atoms with Crippen LogP contribution in [0.15, 0.2) is 18.2 Å². The molecule has 7 heteroatoms. The van der Waals surface area contributed by atoms with Crippen molar-refractivity contribution < 1.29 is 14.9 Å². The molecule has 0 spiro atoms. The maximum atomic E-state index is 9.82. The van der Waals surface area contributed by atoms with Crippen LogP contribution in [0.2, 0.25) is 10.0 Å². The lowest BCUT2D eigenvalue weighted by Crippen LogP contribution is -2.32. The molecular formula is C14H21Cl2NO3S. The Morgan fingerprint density at radius 1 is 1.24 bits per heavy atom. The van der Waals surface area contributed by atoms with E-state index < -0.39 is 6.10 Å². The van der Waals surface area contributed by atoms with E-state index in [1.807, 2.05) is 0 Å². The largest absolute Gasteiger partial charge is 0.488 e. The average Bonchev–Trinajstić information content (AvgIpc) is 2.46. The molecule has 1 unspecified atom stereocenters. The topological polar surface area (TPSA) is 61.7 Å². The third kappa shape index (κ3) is 8.14. The minimum absolute atomic E-state index is 0.133. The number of ether oxygens (including phenoxy) is 1. The summed E-state index contributed by atoms with van der Waals surface area (Å²) in [6, 6.07) is 5.12. The zero-order valence-electron chi connectivity index (χ0n) is 11.7. The molecule has 0 bridgehead atoms. The second kappa shape index (κ2) is 11.4. The lowest BCUT2D eigenvalue weighted by atomic mass is 10.3. The van der Waals surface area contributed by atoms with E-state index in [0.717, 1.165) is 24.5 Å². The molecule has 21 heavy (non-hydrogen) atoms. The molecular weight excluding hydrogens is 333 g/mol. The summed E-state index contributed by atoms with van der Waals surface area (Å²) >= 11 is 13.7. The van der Waals surface area contributed by atoms with Gasteiger partial charge in [0, 0.05) is 25.4 Å². The van der Waals surface area contributed by atoms with Gasteiger partial charge in [0.2, 0.25) is 0 Å². The van der Waals surface area contributed by atoms with Crippen molar-refractivity contribution in [2.24, 2.45) is 0 Å². The monoisotopic (exact) mass is 353 g/mol. The van der Waals surface area contributed by atoms with Gasteiger partial charge in [-0.25, -0.2) is 0 Å². The van der Waals surface area contributed by atoms with Gasteiger partial charge in [0.1, 0.15) is 12.7 Å². The van der Waals surface area contributed by atoms with Gasteiger partial charge in [-0.15, -0.1) is 0 Å². The highest BCUT2D eigenvalue weighted by molar-refractivity contribution is 7.99. The predicted molar refractivity (Wildman–Crippen MR) is 89.9 cm³/mol. The van der Waals surface area contributed by atoms with Crippen molar-refractivity contribution in [3.63, 3.8) is 0 Å². The Morgan fingerprint density at radius 2 is 1.95 bits per heavy atom. The summed E-state index contributed by atoms with van der Waals surface area (Å²) in [5, 5.41) is 22.5. The molecule has 0 fully saturated rings. The molecule has 3 N–H and O–H groups in total. The smallest absolute Gasteiger partial charge is 0.156 e. The van der Waals surface area contributed by atoms with E-state index in [1.54, 1.807) is 30.0 Å². The predicted octanol–water partition coefficient (Wildman–Crippen LogP) is 2.44. The van der Waals surface area contributed by atoms with Crippen molar-refractivity contribution in [1.82, 2.24) is 5.32 Å². The third-order valence-corrected chi connectivity index (χ3v) is 4.25.